The summed E-state index contributed by atoms with van der Waals surface area (Å²) in [5.41, 5.74) is -5.33. The van der Waals surface area contributed by atoms with E-state index in [0.717, 1.165) is 46.1 Å². The number of halogens is 4. The molecule has 0 amide bonds. The molecule has 2 aliphatic carbocycles. The lowest BCUT2D eigenvalue weighted by molar-refractivity contribution is -0.183. The Labute approximate surface area is 409 Å². The molecule has 0 bridgehead atoms. The maximum absolute atomic E-state index is 15.0. The number of carbonyl (C=O) groups excluding carboxylic acids is 3. The molecular weight excluding hydrogens is 981 g/mol. The number of allylic oxidation sites excluding steroid dienone is 3. The second kappa shape index (κ2) is 17.9. The van der Waals surface area contributed by atoms with Crippen molar-refractivity contribution in [3.63, 3.8) is 0 Å². The van der Waals surface area contributed by atoms with Gasteiger partial charge in [0.1, 0.15) is 70.5 Å². The molecule has 1 aliphatic heterocycles. The molecule has 71 heavy (non-hydrogen) atoms. The molecule has 0 saturated carbocycles. The molecule has 4 heterocycles. The number of Topliss-reactive ketones (excluding diaryl/α,β-unsaturated/α-hetero) is 1. The molecule has 3 aromatic heterocycles. The van der Waals surface area contributed by atoms with E-state index in [1.54, 1.807) is 91.0 Å². The van der Waals surface area contributed by atoms with Gasteiger partial charge in [-0.25, -0.2) is 37.1 Å². The van der Waals surface area contributed by atoms with Gasteiger partial charge >= 0.3 is 17.5 Å². The smallest absolute Gasteiger partial charge is 0.367 e. The Morgan fingerprint density at radius 1 is 0.662 bits per heavy atom. The molecule has 4 aromatic carbocycles. The molecule has 1 unspecified atom stereocenters. The van der Waals surface area contributed by atoms with Crippen molar-refractivity contribution in [2.24, 2.45) is 9.98 Å². The Hall–Kier alpha value is -8.89. The van der Waals surface area contributed by atoms with Gasteiger partial charge in [-0.05, 0) is 58.7 Å². The largest absolute Gasteiger partial charge is 0.457 e. The zero-order valence-electron chi connectivity index (χ0n) is 35.5. The number of rotatable bonds is 8. The molecule has 0 fully saturated rings. The normalized spacial score (nSPS) is 16.0. The van der Waals surface area contributed by atoms with Crippen LogP contribution in [-0.2, 0) is 37.9 Å². The summed E-state index contributed by atoms with van der Waals surface area (Å²) in [6.45, 7) is -0.697. The summed E-state index contributed by atoms with van der Waals surface area (Å²) in [6, 6.07) is 29.4. The summed E-state index contributed by atoms with van der Waals surface area (Å²) in [4.78, 5) is 53.5. The number of aliphatic imine (C=N–C) groups is 2. The lowest BCUT2D eigenvalue weighted by atomic mass is 9.91. The van der Waals surface area contributed by atoms with Crippen LogP contribution in [0.2, 0.25) is 0 Å². The number of nitrogens with zero attached hydrogens (tertiary/aromatic N) is 6. The first-order valence-corrected chi connectivity index (χ1v) is 23.1. The Morgan fingerprint density at radius 2 is 1.20 bits per heavy atom. The minimum atomic E-state index is -2.79. The molecule has 1 atom stereocenters. The number of thiophene rings is 3. The number of carbonyl (C=O) groups is 3. The van der Waals surface area contributed by atoms with Gasteiger partial charge in [0, 0.05) is 27.8 Å². The lowest BCUT2D eigenvalue weighted by Crippen LogP contribution is -2.52. The van der Waals surface area contributed by atoms with Gasteiger partial charge in [0.2, 0.25) is 5.78 Å². The van der Waals surface area contributed by atoms with E-state index in [4.69, 9.17) is 14.2 Å². The SMILES string of the molecule is N#CC(C#N)=C1C(=Nc2cc3c(s2)-c2sc4cc(N=C5C(=C(C#N)C#N)c6cc(F)c(F)cc6C5O)sc4c2OC3(C(=O)OCc2ccccc2)C(=O)OCc2ccccc2)C(=O)c2cc(F)c(F)cc21. The third-order valence-electron chi connectivity index (χ3n) is 11.5. The molecule has 20 heteroatoms. The number of fused-ring (bicyclic) bond motifs is 7. The summed E-state index contributed by atoms with van der Waals surface area (Å²) in [5.74, 6) is -8.80. The van der Waals surface area contributed by atoms with Crippen LogP contribution in [0.4, 0.5) is 27.6 Å². The second-order valence-corrected chi connectivity index (χ2v) is 18.7. The number of aliphatic hydroxyl groups excluding tert-OH is 1. The van der Waals surface area contributed by atoms with E-state index in [1.807, 2.05) is 0 Å². The van der Waals surface area contributed by atoms with E-state index < -0.39 is 69.6 Å². The average Bonchev–Trinajstić information content (AvgIpc) is 4.18. The summed E-state index contributed by atoms with van der Waals surface area (Å²) < 4.78 is 77.3. The maximum atomic E-state index is 15.0. The quantitative estimate of drug-likeness (QED) is 0.0653. The Bertz CT molecular complexity index is 3740. The molecule has 1 N–H and O–H groups in total. The zero-order chi connectivity index (χ0) is 49.9. The van der Waals surface area contributed by atoms with E-state index in [1.165, 1.54) is 6.07 Å². The van der Waals surface area contributed by atoms with Crippen molar-refractivity contribution in [2.45, 2.75) is 24.9 Å². The van der Waals surface area contributed by atoms with Crippen LogP contribution in [0, 0.1) is 68.6 Å². The molecule has 3 aliphatic rings. The number of ether oxygens (including phenoxy) is 3. The standard InChI is InChI=1S/C51H22F4N6O7S3/c52-32-11-27-29(13-34(32)54)43(62)41(39(27)25(17-56)18-57)60-37-15-31-46(70-37)48-45(68-51(31,49(64)66-21-23-7-3-1-4-8-23)50(65)67-22-24-9-5-2-6-10-24)47-36(69-48)16-38(71-47)61-42-40(26(19-58)20-59)28-12-33(53)35(55)14-30(28)44(42)63/h1-16,44,63H,21-22H2. The zero-order valence-corrected chi connectivity index (χ0v) is 38.0. The first-order valence-electron chi connectivity index (χ1n) is 20.6. The lowest BCUT2D eigenvalue weighted by Gasteiger charge is -2.33. The van der Waals surface area contributed by atoms with Gasteiger partial charge in [-0.2, -0.15) is 21.0 Å². The first-order chi connectivity index (χ1) is 34.3. The number of hydrogen-bond acceptors (Lipinski definition) is 16. The predicted octanol–water partition coefficient (Wildman–Crippen LogP) is 10.7. The van der Waals surface area contributed by atoms with Crippen LogP contribution < -0.4 is 4.74 Å². The molecular formula is C51H22F4N6O7S3. The molecule has 0 radical (unpaired) electrons. The van der Waals surface area contributed by atoms with E-state index in [0.29, 0.717) is 32.8 Å². The van der Waals surface area contributed by atoms with Crippen molar-refractivity contribution >= 4 is 93.7 Å². The van der Waals surface area contributed by atoms with Crippen molar-refractivity contribution in [1.29, 1.82) is 21.0 Å². The Morgan fingerprint density at radius 3 is 1.79 bits per heavy atom. The van der Waals surface area contributed by atoms with Gasteiger partial charge in [0.15, 0.2) is 29.0 Å². The van der Waals surface area contributed by atoms with Crippen LogP contribution in [0.5, 0.6) is 5.75 Å². The van der Waals surface area contributed by atoms with Gasteiger partial charge in [0.05, 0.1) is 24.9 Å². The van der Waals surface area contributed by atoms with Gasteiger partial charge in [-0.1, -0.05) is 60.7 Å². The van der Waals surface area contributed by atoms with Gasteiger partial charge in [-0.15, -0.1) is 34.0 Å². The van der Waals surface area contributed by atoms with Gasteiger partial charge in [0.25, 0.3) is 0 Å². The molecule has 0 saturated heterocycles. The van der Waals surface area contributed by atoms with Crippen LogP contribution >= 0.6 is 34.0 Å². The van der Waals surface area contributed by atoms with E-state index >= 15 is 0 Å². The number of hydrogen-bond donors (Lipinski definition) is 1. The predicted molar refractivity (Wildman–Crippen MR) is 250 cm³/mol. The van der Waals surface area contributed by atoms with Crippen LogP contribution in [0.1, 0.15) is 49.8 Å². The minimum absolute atomic E-state index is 0.0552. The van der Waals surface area contributed by atoms with E-state index in [2.05, 4.69) is 9.98 Å². The Kier molecular flexibility index (Phi) is 11.6. The monoisotopic (exact) mass is 1000 g/mol. The molecule has 7 aromatic rings. The van der Waals surface area contributed by atoms with E-state index in [-0.39, 0.29) is 83.2 Å². The third-order valence-corrected chi connectivity index (χ3v) is 14.9. The van der Waals surface area contributed by atoms with Crippen molar-refractivity contribution in [3.8, 4) is 39.8 Å². The van der Waals surface area contributed by atoms with Crippen LogP contribution in [0.25, 0.3) is 30.3 Å². The highest BCUT2D eigenvalue weighted by atomic mass is 32.1. The highest BCUT2D eigenvalue weighted by Gasteiger charge is 2.59. The fourth-order valence-electron chi connectivity index (χ4n) is 8.24. The van der Waals surface area contributed by atoms with Crippen LogP contribution in [-0.4, -0.2) is 34.3 Å². The van der Waals surface area contributed by atoms with Crippen LogP contribution in [0.3, 0.4) is 0 Å². The minimum Gasteiger partial charge on any atom is -0.457 e. The molecule has 13 nitrogen and oxygen atoms in total. The number of aliphatic hydroxyl groups is 1. The molecule has 10 rings (SSSR count). The average molecular weight is 1000 g/mol. The van der Waals surface area contributed by atoms with Crippen molar-refractivity contribution < 1.29 is 51.3 Å². The van der Waals surface area contributed by atoms with E-state index in [9.17, 15) is 58.1 Å². The number of nitriles is 4. The summed E-state index contributed by atoms with van der Waals surface area (Å²) in [5, 5.41) is 51.0. The van der Waals surface area contributed by atoms with Crippen molar-refractivity contribution in [1.82, 2.24) is 0 Å². The fraction of sp³-hybridized carbons (Fsp3) is 0.0784. The number of ketones is 1. The molecule has 0 spiro atoms. The second-order valence-electron chi connectivity index (χ2n) is 15.6. The Balaban J connectivity index is 1.17. The highest BCUT2D eigenvalue weighted by Crippen LogP contribution is 2.60. The van der Waals surface area contributed by atoms with Crippen molar-refractivity contribution in [2.75, 3.05) is 0 Å². The van der Waals surface area contributed by atoms with Crippen LogP contribution in [0.15, 0.2) is 118 Å². The summed E-state index contributed by atoms with van der Waals surface area (Å²) >= 11 is 2.87. The maximum Gasteiger partial charge on any atom is 0.367 e. The van der Waals surface area contributed by atoms with Crippen molar-refractivity contribution in [3.05, 3.63) is 170 Å². The fourth-order valence-corrected chi connectivity index (χ4v) is 11.8. The highest BCUT2D eigenvalue weighted by molar-refractivity contribution is 7.33. The topological polar surface area (TPSA) is 219 Å². The van der Waals surface area contributed by atoms with Gasteiger partial charge in [-0.3, -0.25) is 4.79 Å². The summed E-state index contributed by atoms with van der Waals surface area (Å²) in [7, 11) is 0. The summed E-state index contributed by atoms with van der Waals surface area (Å²) in [6.07, 6.45) is -1.71. The third kappa shape index (κ3) is 7.56. The number of esters is 2. The number of benzene rings is 4. The molecule has 344 valence electrons. The first kappa shape index (κ1) is 45.9. The van der Waals surface area contributed by atoms with Gasteiger partial charge < -0.3 is 19.3 Å².